The summed E-state index contributed by atoms with van der Waals surface area (Å²) in [6.07, 6.45) is 4.54. The lowest BCUT2D eigenvalue weighted by molar-refractivity contribution is 0.275. The van der Waals surface area contributed by atoms with Crippen molar-refractivity contribution < 1.29 is 19.2 Å². The van der Waals surface area contributed by atoms with E-state index in [0.29, 0.717) is 0 Å². The second kappa shape index (κ2) is 8.62. The van der Waals surface area contributed by atoms with Gasteiger partial charge in [0.05, 0.1) is 6.17 Å². The van der Waals surface area contributed by atoms with Crippen molar-refractivity contribution in [2.24, 2.45) is 11.5 Å². The number of rotatable bonds is 4. The molecule has 0 rings (SSSR count). The van der Waals surface area contributed by atoms with Crippen molar-refractivity contribution in [2.45, 2.75) is 38.8 Å². The maximum atomic E-state index is 8.88. The maximum Gasteiger partial charge on any atom is 0.466 e. The number of hydrogen-bond donors (Lipinski definition) is 5. The molecule has 0 aliphatic carbocycles. The Kier molecular flexibility index (Phi) is 10.3. The molecule has 0 aliphatic heterocycles. The molecule has 0 saturated heterocycles. The van der Waals surface area contributed by atoms with Crippen LogP contribution in [0.1, 0.15) is 32.6 Å². The Morgan fingerprint density at radius 1 is 1.23 bits per heavy atom. The van der Waals surface area contributed by atoms with Gasteiger partial charge in [0.25, 0.3) is 0 Å². The van der Waals surface area contributed by atoms with Gasteiger partial charge in [0, 0.05) is 0 Å². The van der Waals surface area contributed by atoms with Gasteiger partial charge in [0.1, 0.15) is 0 Å². The maximum absolute atomic E-state index is 8.88. The zero-order valence-electron chi connectivity index (χ0n) is 7.76. The van der Waals surface area contributed by atoms with E-state index in [9.17, 15) is 0 Å². The summed E-state index contributed by atoms with van der Waals surface area (Å²) in [6, 6.07) is 0. The van der Waals surface area contributed by atoms with Gasteiger partial charge in [-0.15, -0.1) is 0 Å². The Bertz CT molecular complexity index is 139. The minimum atomic E-state index is -4.64. The lowest BCUT2D eigenvalue weighted by atomic mass is 10.2. The average Bonchev–Trinajstić information content (AvgIpc) is 1.83. The Balaban J connectivity index is 0. The minimum absolute atomic E-state index is 0.0958. The number of hydrogen-bond acceptors (Lipinski definition) is 3. The van der Waals surface area contributed by atoms with Crippen LogP contribution in [0, 0.1) is 0 Å². The lowest BCUT2D eigenvalue weighted by Crippen LogP contribution is -2.29. The normalized spacial score (nSPS) is 11.0. The van der Waals surface area contributed by atoms with E-state index < -0.39 is 7.82 Å². The summed E-state index contributed by atoms with van der Waals surface area (Å²) in [5.74, 6) is 0. The van der Waals surface area contributed by atoms with Gasteiger partial charge in [-0.05, 0) is 6.42 Å². The van der Waals surface area contributed by atoms with Crippen LogP contribution in [0.4, 0.5) is 0 Å². The van der Waals surface area contributed by atoms with Crippen LogP contribution in [0.25, 0.3) is 0 Å². The zero-order chi connectivity index (χ0) is 10.9. The molecule has 13 heavy (non-hydrogen) atoms. The van der Waals surface area contributed by atoms with Crippen LogP contribution in [0.5, 0.6) is 0 Å². The van der Waals surface area contributed by atoms with Crippen LogP contribution in [0.15, 0.2) is 0 Å². The highest BCUT2D eigenvalue weighted by Crippen LogP contribution is 2.25. The van der Waals surface area contributed by atoms with Crippen molar-refractivity contribution in [3.05, 3.63) is 0 Å². The van der Waals surface area contributed by atoms with Crippen LogP contribution < -0.4 is 11.5 Å². The first kappa shape index (κ1) is 15.5. The molecule has 0 aromatic carbocycles. The SMILES string of the molecule is CCCCCC(N)N.O=P(O)(O)O. The van der Waals surface area contributed by atoms with Gasteiger partial charge in [0.2, 0.25) is 0 Å². The van der Waals surface area contributed by atoms with Gasteiger partial charge in [-0.1, -0.05) is 26.2 Å². The summed E-state index contributed by atoms with van der Waals surface area (Å²) in [5.41, 5.74) is 10.6. The molecule has 0 bridgehead atoms. The second-order valence-electron chi connectivity index (χ2n) is 2.67. The first-order valence-corrected chi connectivity index (χ1v) is 5.63. The molecule has 0 unspecified atom stereocenters. The fourth-order valence-corrected chi connectivity index (χ4v) is 0.630. The summed E-state index contributed by atoms with van der Waals surface area (Å²) in [5, 5.41) is 0. The Hall–Kier alpha value is 0.0300. The Morgan fingerprint density at radius 2 is 1.62 bits per heavy atom. The van der Waals surface area contributed by atoms with E-state index in [0.717, 1.165) is 6.42 Å². The van der Waals surface area contributed by atoms with E-state index in [-0.39, 0.29) is 6.17 Å². The van der Waals surface area contributed by atoms with E-state index in [1.807, 2.05) is 0 Å². The van der Waals surface area contributed by atoms with Gasteiger partial charge in [-0.2, -0.15) is 0 Å². The van der Waals surface area contributed by atoms with Crippen LogP contribution in [0.3, 0.4) is 0 Å². The first-order valence-electron chi connectivity index (χ1n) is 4.06. The molecular formula is C6H19N2O4P. The largest absolute Gasteiger partial charge is 0.466 e. The highest BCUT2D eigenvalue weighted by Gasteiger charge is 2.00. The summed E-state index contributed by atoms with van der Waals surface area (Å²) in [6.45, 7) is 2.17. The van der Waals surface area contributed by atoms with E-state index in [4.69, 9.17) is 30.7 Å². The minimum Gasteiger partial charge on any atom is -0.316 e. The van der Waals surface area contributed by atoms with Gasteiger partial charge >= 0.3 is 7.82 Å². The summed E-state index contributed by atoms with van der Waals surface area (Å²) >= 11 is 0. The second-order valence-corrected chi connectivity index (χ2v) is 3.70. The topological polar surface area (TPSA) is 130 Å². The molecular weight excluding hydrogens is 195 g/mol. The Labute approximate surface area is 78.2 Å². The number of nitrogens with two attached hydrogens (primary N) is 2. The molecule has 0 heterocycles. The zero-order valence-corrected chi connectivity index (χ0v) is 8.65. The molecule has 0 aromatic heterocycles. The van der Waals surface area contributed by atoms with E-state index in [1.54, 1.807) is 0 Å². The fourth-order valence-electron chi connectivity index (χ4n) is 0.630. The molecule has 7 N–H and O–H groups in total. The van der Waals surface area contributed by atoms with Crippen molar-refractivity contribution in [2.75, 3.05) is 0 Å². The third-order valence-electron chi connectivity index (χ3n) is 1.14. The number of unbranched alkanes of at least 4 members (excludes halogenated alkanes) is 2. The monoisotopic (exact) mass is 214 g/mol. The molecule has 0 saturated carbocycles. The molecule has 0 fully saturated rings. The van der Waals surface area contributed by atoms with Gasteiger partial charge < -0.3 is 26.1 Å². The van der Waals surface area contributed by atoms with Crippen molar-refractivity contribution >= 4 is 7.82 Å². The standard InChI is InChI=1S/C6H16N2.H3O4P/c1-2-3-4-5-6(7)8;1-5(2,3)4/h6H,2-5,7-8H2,1H3;(H3,1,2,3,4). The molecule has 82 valence electrons. The lowest BCUT2D eigenvalue weighted by Gasteiger charge is -2.01. The van der Waals surface area contributed by atoms with Gasteiger partial charge in [-0.25, -0.2) is 4.57 Å². The van der Waals surface area contributed by atoms with Gasteiger partial charge in [0.15, 0.2) is 0 Å². The van der Waals surface area contributed by atoms with Gasteiger partial charge in [-0.3, -0.25) is 0 Å². The highest BCUT2D eigenvalue weighted by atomic mass is 31.2. The third kappa shape index (κ3) is 47.8. The van der Waals surface area contributed by atoms with Crippen molar-refractivity contribution in [3.8, 4) is 0 Å². The molecule has 0 aliphatic rings. The van der Waals surface area contributed by atoms with Crippen molar-refractivity contribution in [1.29, 1.82) is 0 Å². The average molecular weight is 214 g/mol. The first-order chi connectivity index (χ1) is 5.77. The fraction of sp³-hybridized carbons (Fsp3) is 1.00. The smallest absolute Gasteiger partial charge is 0.316 e. The summed E-state index contributed by atoms with van der Waals surface area (Å²) in [4.78, 5) is 21.6. The van der Waals surface area contributed by atoms with Crippen LogP contribution in [0.2, 0.25) is 0 Å². The van der Waals surface area contributed by atoms with Crippen molar-refractivity contribution in [1.82, 2.24) is 0 Å². The molecule has 7 heteroatoms. The summed E-state index contributed by atoms with van der Waals surface area (Å²) in [7, 11) is -4.64. The number of phosphoric acid groups is 1. The molecule has 6 nitrogen and oxygen atoms in total. The molecule has 0 atom stereocenters. The van der Waals surface area contributed by atoms with Crippen LogP contribution in [-0.2, 0) is 4.57 Å². The molecule has 0 aromatic rings. The quantitative estimate of drug-likeness (QED) is 0.252. The predicted octanol–water partition coefficient (Wildman–Crippen LogP) is -0.118. The van der Waals surface area contributed by atoms with Crippen molar-refractivity contribution in [3.63, 3.8) is 0 Å². The van der Waals surface area contributed by atoms with E-state index in [1.165, 1.54) is 19.3 Å². The molecule has 0 spiro atoms. The predicted molar refractivity (Wildman–Crippen MR) is 50.6 cm³/mol. The molecule has 0 radical (unpaired) electrons. The third-order valence-corrected chi connectivity index (χ3v) is 1.14. The highest BCUT2D eigenvalue weighted by molar-refractivity contribution is 7.45. The van der Waals surface area contributed by atoms with E-state index in [2.05, 4.69) is 6.92 Å². The summed E-state index contributed by atoms with van der Waals surface area (Å²) < 4.78 is 8.88. The van der Waals surface area contributed by atoms with Crippen LogP contribution in [-0.4, -0.2) is 20.8 Å². The molecule has 0 amide bonds. The Morgan fingerprint density at radius 3 is 1.85 bits per heavy atom. The van der Waals surface area contributed by atoms with Crippen LogP contribution >= 0.6 is 7.82 Å². The van der Waals surface area contributed by atoms with E-state index >= 15 is 0 Å².